The highest BCUT2D eigenvalue weighted by atomic mass is 16.3. The Morgan fingerprint density at radius 1 is 1.64 bits per heavy atom. The molecule has 1 fully saturated rings. The highest BCUT2D eigenvalue weighted by Crippen LogP contribution is 2.21. The molecule has 1 aliphatic heterocycles. The van der Waals surface area contributed by atoms with Crippen LogP contribution in [-0.2, 0) is 4.79 Å². The summed E-state index contributed by atoms with van der Waals surface area (Å²) in [5, 5.41) is 3.22. The van der Waals surface area contributed by atoms with Crippen LogP contribution in [0, 0.1) is 0 Å². The Morgan fingerprint density at radius 3 is 3.21 bits per heavy atom. The van der Waals surface area contributed by atoms with Gasteiger partial charge in [-0.1, -0.05) is 0 Å². The van der Waals surface area contributed by atoms with Crippen LogP contribution >= 0.6 is 0 Å². The molecular formula is C10H14N2O2. The standard InChI is InChI=1S/C10H14N2O2/c1-12-8(9-3-2-6-14-9)7-11-5-4-10(12)13/h2-3,6,8,11H,4-5,7H2,1H3. The van der Waals surface area contributed by atoms with Gasteiger partial charge in [-0.05, 0) is 12.1 Å². The van der Waals surface area contributed by atoms with Gasteiger partial charge in [-0.3, -0.25) is 4.79 Å². The van der Waals surface area contributed by atoms with Crippen LogP contribution in [0.15, 0.2) is 22.8 Å². The molecule has 1 amide bonds. The summed E-state index contributed by atoms with van der Waals surface area (Å²) in [4.78, 5) is 13.3. The Morgan fingerprint density at radius 2 is 2.50 bits per heavy atom. The summed E-state index contributed by atoms with van der Waals surface area (Å²) in [6, 6.07) is 3.78. The highest BCUT2D eigenvalue weighted by Gasteiger charge is 2.25. The van der Waals surface area contributed by atoms with Crippen LogP contribution in [0.25, 0.3) is 0 Å². The smallest absolute Gasteiger partial charge is 0.224 e. The third-order valence-corrected chi connectivity index (χ3v) is 2.59. The molecule has 2 heterocycles. The molecule has 0 bridgehead atoms. The van der Waals surface area contributed by atoms with E-state index in [1.165, 1.54) is 0 Å². The Bertz CT molecular complexity index is 308. The SMILES string of the molecule is CN1C(=O)CCNCC1c1ccco1. The lowest BCUT2D eigenvalue weighted by Crippen LogP contribution is -2.32. The van der Waals surface area contributed by atoms with Crippen LogP contribution < -0.4 is 5.32 Å². The molecule has 0 saturated carbocycles. The molecule has 1 unspecified atom stereocenters. The van der Waals surface area contributed by atoms with Crippen molar-refractivity contribution in [3.05, 3.63) is 24.2 Å². The van der Waals surface area contributed by atoms with Crippen molar-refractivity contribution in [2.75, 3.05) is 20.1 Å². The predicted octanol–water partition coefficient (Wildman–Crippen LogP) is 0.772. The first kappa shape index (κ1) is 9.27. The first-order chi connectivity index (χ1) is 6.79. The first-order valence-corrected chi connectivity index (χ1v) is 4.79. The number of carbonyl (C=O) groups excluding carboxylic acids is 1. The fourth-order valence-electron chi connectivity index (χ4n) is 1.69. The largest absolute Gasteiger partial charge is 0.467 e. The number of likely N-dealkylation sites (N-methyl/N-ethyl adjacent to an activating group) is 1. The van der Waals surface area contributed by atoms with E-state index in [0.29, 0.717) is 6.42 Å². The fourth-order valence-corrected chi connectivity index (χ4v) is 1.69. The molecule has 1 N–H and O–H groups in total. The third kappa shape index (κ3) is 1.65. The summed E-state index contributed by atoms with van der Waals surface area (Å²) < 4.78 is 5.31. The lowest BCUT2D eigenvalue weighted by Gasteiger charge is -2.23. The molecule has 4 nitrogen and oxygen atoms in total. The average molecular weight is 194 g/mol. The second-order valence-corrected chi connectivity index (χ2v) is 3.49. The van der Waals surface area contributed by atoms with Gasteiger partial charge in [0.25, 0.3) is 0 Å². The summed E-state index contributed by atoms with van der Waals surface area (Å²) in [5.74, 6) is 1.01. The van der Waals surface area contributed by atoms with Crippen molar-refractivity contribution in [3.63, 3.8) is 0 Å². The molecule has 0 aromatic carbocycles. The van der Waals surface area contributed by atoms with E-state index in [9.17, 15) is 4.79 Å². The number of furan rings is 1. The van der Waals surface area contributed by atoms with E-state index < -0.39 is 0 Å². The first-order valence-electron chi connectivity index (χ1n) is 4.79. The van der Waals surface area contributed by atoms with Crippen molar-refractivity contribution in [1.29, 1.82) is 0 Å². The lowest BCUT2D eigenvalue weighted by atomic mass is 10.2. The van der Waals surface area contributed by atoms with Gasteiger partial charge in [0.1, 0.15) is 11.8 Å². The van der Waals surface area contributed by atoms with Crippen LogP contribution in [0.1, 0.15) is 18.2 Å². The van der Waals surface area contributed by atoms with E-state index in [2.05, 4.69) is 5.32 Å². The molecule has 1 atom stereocenters. The summed E-state index contributed by atoms with van der Waals surface area (Å²) in [6.45, 7) is 1.51. The number of hydrogen-bond donors (Lipinski definition) is 1. The van der Waals surface area contributed by atoms with Crippen LogP contribution in [0.5, 0.6) is 0 Å². The molecule has 1 aromatic heterocycles. The van der Waals surface area contributed by atoms with Crippen molar-refractivity contribution in [3.8, 4) is 0 Å². The monoisotopic (exact) mass is 194 g/mol. The summed E-state index contributed by atoms with van der Waals surface area (Å²) in [5.41, 5.74) is 0. The molecule has 1 aliphatic rings. The zero-order valence-electron chi connectivity index (χ0n) is 8.19. The number of hydrogen-bond acceptors (Lipinski definition) is 3. The van der Waals surface area contributed by atoms with E-state index in [0.717, 1.165) is 18.8 Å². The summed E-state index contributed by atoms with van der Waals surface area (Å²) in [6.07, 6.45) is 2.20. The zero-order valence-corrected chi connectivity index (χ0v) is 8.19. The number of nitrogens with zero attached hydrogens (tertiary/aromatic N) is 1. The molecular weight excluding hydrogens is 180 g/mol. The van der Waals surface area contributed by atoms with Gasteiger partial charge in [0, 0.05) is 26.6 Å². The van der Waals surface area contributed by atoms with E-state index in [-0.39, 0.29) is 11.9 Å². The minimum atomic E-state index is 0.0278. The quantitative estimate of drug-likeness (QED) is 0.718. The van der Waals surface area contributed by atoms with Gasteiger partial charge < -0.3 is 14.6 Å². The molecule has 4 heteroatoms. The van der Waals surface area contributed by atoms with Gasteiger partial charge in [0.15, 0.2) is 0 Å². The number of nitrogens with one attached hydrogen (secondary N) is 1. The van der Waals surface area contributed by atoms with Gasteiger partial charge in [-0.15, -0.1) is 0 Å². The van der Waals surface area contributed by atoms with Gasteiger partial charge in [-0.25, -0.2) is 0 Å². The maximum Gasteiger partial charge on any atom is 0.224 e. The average Bonchev–Trinajstić information content (AvgIpc) is 2.64. The number of carbonyl (C=O) groups is 1. The van der Waals surface area contributed by atoms with Crippen molar-refractivity contribution in [1.82, 2.24) is 10.2 Å². The normalized spacial score (nSPS) is 23.6. The van der Waals surface area contributed by atoms with Gasteiger partial charge >= 0.3 is 0 Å². The van der Waals surface area contributed by atoms with Crippen LogP contribution in [-0.4, -0.2) is 30.9 Å². The molecule has 14 heavy (non-hydrogen) atoms. The van der Waals surface area contributed by atoms with Crippen LogP contribution in [0.3, 0.4) is 0 Å². The number of rotatable bonds is 1. The maximum atomic E-state index is 11.6. The second-order valence-electron chi connectivity index (χ2n) is 3.49. The Kier molecular flexibility index (Phi) is 2.54. The molecule has 1 saturated heterocycles. The van der Waals surface area contributed by atoms with Crippen molar-refractivity contribution >= 4 is 5.91 Å². The second kappa shape index (κ2) is 3.84. The zero-order chi connectivity index (χ0) is 9.97. The summed E-state index contributed by atoms with van der Waals surface area (Å²) >= 11 is 0. The van der Waals surface area contributed by atoms with Gasteiger partial charge in [-0.2, -0.15) is 0 Å². The fraction of sp³-hybridized carbons (Fsp3) is 0.500. The Labute approximate surface area is 82.9 Å². The lowest BCUT2D eigenvalue weighted by molar-refractivity contribution is -0.131. The van der Waals surface area contributed by atoms with E-state index in [1.807, 2.05) is 19.2 Å². The van der Waals surface area contributed by atoms with E-state index >= 15 is 0 Å². The molecule has 0 spiro atoms. The van der Waals surface area contributed by atoms with E-state index in [4.69, 9.17) is 4.42 Å². The van der Waals surface area contributed by atoms with Gasteiger partial charge in [0.2, 0.25) is 5.91 Å². The molecule has 1 aromatic rings. The number of amides is 1. The Balaban J connectivity index is 2.20. The molecule has 0 radical (unpaired) electrons. The Hall–Kier alpha value is -1.29. The minimum Gasteiger partial charge on any atom is -0.467 e. The highest BCUT2D eigenvalue weighted by molar-refractivity contribution is 5.76. The van der Waals surface area contributed by atoms with Gasteiger partial charge in [0.05, 0.1) is 6.26 Å². The van der Waals surface area contributed by atoms with Crippen LogP contribution in [0.4, 0.5) is 0 Å². The topological polar surface area (TPSA) is 45.5 Å². The minimum absolute atomic E-state index is 0.0278. The van der Waals surface area contributed by atoms with Crippen LogP contribution in [0.2, 0.25) is 0 Å². The maximum absolute atomic E-state index is 11.6. The summed E-state index contributed by atoms with van der Waals surface area (Å²) in [7, 11) is 1.82. The van der Waals surface area contributed by atoms with E-state index in [1.54, 1.807) is 11.2 Å². The molecule has 0 aliphatic carbocycles. The predicted molar refractivity (Wildman–Crippen MR) is 51.7 cm³/mol. The van der Waals surface area contributed by atoms with Crippen molar-refractivity contribution in [2.24, 2.45) is 0 Å². The van der Waals surface area contributed by atoms with Crippen molar-refractivity contribution < 1.29 is 9.21 Å². The molecule has 2 rings (SSSR count). The van der Waals surface area contributed by atoms with Crippen molar-refractivity contribution in [2.45, 2.75) is 12.5 Å². The molecule has 76 valence electrons. The third-order valence-electron chi connectivity index (χ3n) is 2.59.